The Balaban J connectivity index is 2.17. The van der Waals surface area contributed by atoms with Crippen molar-refractivity contribution in [2.75, 3.05) is 0 Å². The van der Waals surface area contributed by atoms with Gasteiger partial charge in [0, 0.05) is 10.5 Å². The third-order valence-electron chi connectivity index (χ3n) is 3.49. The van der Waals surface area contributed by atoms with Crippen LogP contribution < -0.4 is 5.73 Å². The maximum absolute atomic E-state index is 6.30. The average molecular weight is 268 g/mol. The van der Waals surface area contributed by atoms with E-state index < -0.39 is 0 Å². The fourth-order valence-electron chi connectivity index (χ4n) is 2.41. The molecule has 0 saturated heterocycles. The number of benzene rings is 1. The van der Waals surface area contributed by atoms with Crippen LogP contribution in [0.4, 0.5) is 0 Å². The Morgan fingerprint density at radius 1 is 1.33 bits per heavy atom. The lowest BCUT2D eigenvalue weighted by atomic mass is 9.92. The van der Waals surface area contributed by atoms with Gasteiger partial charge in [0.05, 0.1) is 0 Å². The van der Waals surface area contributed by atoms with Crippen molar-refractivity contribution in [3.05, 3.63) is 33.8 Å². The Morgan fingerprint density at radius 2 is 2.00 bits per heavy atom. The Morgan fingerprint density at radius 3 is 2.60 bits per heavy atom. The normalized spacial score (nSPS) is 19.4. The highest BCUT2D eigenvalue weighted by molar-refractivity contribution is 9.10. The number of nitrogens with two attached hydrogens (primary N) is 1. The van der Waals surface area contributed by atoms with Gasteiger partial charge in [-0.3, -0.25) is 0 Å². The van der Waals surface area contributed by atoms with Crippen LogP contribution in [0, 0.1) is 12.8 Å². The van der Waals surface area contributed by atoms with Crippen molar-refractivity contribution in [1.82, 2.24) is 0 Å². The SMILES string of the molecule is Cc1ccc([C@@H](N)C2CCCC2)cc1Br. The second-order valence-electron chi connectivity index (χ2n) is 4.58. The second kappa shape index (κ2) is 4.67. The monoisotopic (exact) mass is 267 g/mol. The van der Waals surface area contributed by atoms with Crippen LogP contribution >= 0.6 is 15.9 Å². The van der Waals surface area contributed by atoms with E-state index >= 15 is 0 Å². The van der Waals surface area contributed by atoms with Crippen LogP contribution in [0.5, 0.6) is 0 Å². The highest BCUT2D eigenvalue weighted by Gasteiger charge is 2.23. The minimum atomic E-state index is 0.226. The zero-order valence-corrected chi connectivity index (χ0v) is 10.8. The molecule has 0 aromatic heterocycles. The zero-order chi connectivity index (χ0) is 10.8. The molecule has 0 radical (unpaired) electrons. The highest BCUT2D eigenvalue weighted by atomic mass is 79.9. The summed E-state index contributed by atoms with van der Waals surface area (Å²) in [5.74, 6) is 0.694. The van der Waals surface area contributed by atoms with Gasteiger partial charge in [-0.2, -0.15) is 0 Å². The number of aryl methyl sites for hydroxylation is 1. The zero-order valence-electron chi connectivity index (χ0n) is 9.17. The molecule has 1 atom stereocenters. The number of hydrogen-bond donors (Lipinski definition) is 1. The van der Waals surface area contributed by atoms with Gasteiger partial charge in [0.15, 0.2) is 0 Å². The highest BCUT2D eigenvalue weighted by Crippen LogP contribution is 2.35. The topological polar surface area (TPSA) is 26.0 Å². The summed E-state index contributed by atoms with van der Waals surface area (Å²) >= 11 is 3.57. The summed E-state index contributed by atoms with van der Waals surface area (Å²) in [5.41, 5.74) is 8.85. The Kier molecular flexibility index (Phi) is 3.47. The van der Waals surface area contributed by atoms with Gasteiger partial charge in [0.25, 0.3) is 0 Å². The lowest BCUT2D eigenvalue weighted by molar-refractivity contribution is 0.445. The van der Waals surface area contributed by atoms with Crippen LogP contribution in [0.15, 0.2) is 22.7 Å². The van der Waals surface area contributed by atoms with Crippen molar-refractivity contribution in [2.24, 2.45) is 11.7 Å². The molecule has 1 fully saturated rings. The summed E-state index contributed by atoms with van der Waals surface area (Å²) in [6.45, 7) is 2.11. The molecule has 15 heavy (non-hydrogen) atoms. The molecule has 1 aliphatic rings. The molecular weight excluding hydrogens is 250 g/mol. The van der Waals surface area contributed by atoms with Crippen molar-refractivity contribution < 1.29 is 0 Å². The molecule has 0 spiro atoms. The van der Waals surface area contributed by atoms with E-state index in [1.54, 1.807) is 0 Å². The molecule has 1 saturated carbocycles. The predicted octanol–water partition coefficient (Wildman–Crippen LogP) is 3.95. The van der Waals surface area contributed by atoms with Crippen molar-refractivity contribution >= 4 is 15.9 Å². The van der Waals surface area contributed by atoms with E-state index in [1.807, 2.05) is 0 Å². The molecule has 1 aromatic rings. The molecule has 0 aliphatic heterocycles. The van der Waals surface area contributed by atoms with Gasteiger partial charge < -0.3 is 5.73 Å². The Bertz CT molecular complexity index is 342. The summed E-state index contributed by atoms with van der Waals surface area (Å²) in [6, 6.07) is 6.72. The predicted molar refractivity (Wildman–Crippen MR) is 67.8 cm³/mol. The Hall–Kier alpha value is -0.340. The fourth-order valence-corrected chi connectivity index (χ4v) is 2.80. The molecule has 2 heteroatoms. The van der Waals surface area contributed by atoms with Crippen LogP contribution in [-0.2, 0) is 0 Å². The van der Waals surface area contributed by atoms with Crippen LogP contribution in [0.25, 0.3) is 0 Å². The minimum absolute atomic E-state index is 0.226. The third-order valence-corrected chi connectivity index (χ3v) is 4.34. The number of halogens is 1. The van der Waals surface area contributed by atoms with E-state index in [4.69, 9.17) is 5.73 Å². The molecule has 0 unspecified atom stereocenters. The molecular formula is C13H18BrN. The van der Waals surface area contributed by atoms with Gasteiger partial charge in [-0.25, -0.2) is 0 Å². The van der Waals surface area contributed by atoms with Crippen LogP contribution in [0.2, 0.25) is 0 Å². The number of rotatable bonds is 2. The largest absolute Gasteiger partial charge is 0.324 e. The van der Waals surface area contributed by atoms with E-state index in [0.29, 0.717) is 5.92 Å². The van der Waals surface area contributed by atoms with E-state index in [-0.39, 0.29) is 6.04 Å². The van der Waals surface area contributed by atoms with Gasteiger partial charge >= 0.3 is 0 Å². The molecule has 1 nitrogen and oxygen atoms in total. The molecule has 82 valence electrons. The van der Waals surface area contributed by atoms with Crippen molar-refractivity contribution in [3.63, 3.8) is 0 Å². The first-order valence-corrected chi connectivity index (χ1v) is 6.49. The number of hydrogen-bond acceptors (Lipinski definition) is 1. The van der Waals surface area contributed by atoms with Gasteiger partial charge in [-0.1, -0.05) is 40.9 Å². The molecule has 2 N–H and O–H groups in total. The maximum atomic E-state index is 6.30. The lowest BCUT2D eigenvalue weighted by Gasteiger charge is -2.19. The van der Waals surface area contributed by atoms with Gasteiger partial charge in [-0.15, -0.1) is 0 Å². The molecule has 0 heterocycles. The first kappa shape index (κ1) is 11.2. The molecule has 1 aromatic carbocycles. The average Bonchev–Trinajstić information content (AvgIpc) is 2.74. The van der Waals surface area contributed by atoms with Crippen molar-refractivity contribution in [1.29, 1.82) is 0 Å². The standard InChI is InChI=1S/C13H18BrN/c1-9-6-7-11(8-12(9)14)13(15)10-4-2-3-5-10/h6-8,10,13H,2-5,15H2,1H3/t13-/m0/s1. The van der Waals surface area contributed by atoms with E-state index in [0.717, 1.165) is 0 Å². The summed E-state index contributed by atoms with van der Waals surface area (Å²) in [4.78, 5) is 0. The van der Waals surface area contributed by atoms with E-state index in [1.165, 1.54) is 41.3 Å². The Labute approximate surface area is 100 Å². The first-order chi connectivity index (χ1) is 7.18. The third kappa shape index (κ3) is 2.43. The summed E-state index contributed by atoms with van der Waals surface area (Å²) in [6.07, 6.45) is 5.30. The quantitative estimate of drug-likeness (QED) is 0.863. The van der Waals surface area contributed by atoms with Gasteiger partial charge in [0.2, 0.25) is 0 Å². The molecule has 0 amide bonds. The molecule has 2 rings (SSSR count). The van der Waals surface area contributed by atoms with Gasteiger partial charge in [0.1, 0.15) is 0 Å². The summed E-state index contributed by atoms with van der Waals surface area (Å²) in [7, 11) is 0. The molecule has 0 bridgehead atoms. The smallest absolute Gasteiger partial charge is 0.0323 e. The van der Waals surface area contributed by atoms with Crippen LogP contribution in [0.1, 0.15) is 42.9 Å². The van der Waals surface area contributed by atoms with Crippen LogP contribution in [-0.4, -0.2) is 0 Å². The summed E-state index contributed by atoms with van der Waals surface area (Å²) in [5, 5.41) is 0. The van der Waals surface area contributed by atoms with E-state index in [2.05, 4.69) is 41.1 Å². The van der Waals surface area contributed by atoms with Gasteiger partial charge in [-0.05, 0) is 42.9 Å². The second-order valence-corrected chi connectivity index (χ2v) is 5.43. The fraction of sp³-hybridized carbons (Fsp3) is 0.538. The molecule has 1 aliphatic carbocycles. The van der Waals surface area contributed by atoms with E-state index in [9.17, 15) is 0 Å². The lowest BCUT2D eigenvalue weighted by Crippen LogP contribution is -2.19. The summed E-state index contributed by atoms with van der Waals surface area (Å²) < 4.78 is 1.17. The van der Waals surface area contributed by atoms with Crippen LogP contribution in [0.3, 0.4) is 0 Å². The minimum Gasteiger partial charge on any atom is -0.324 e. The van der Waals surface area contributed by atoms with Crippen molar-refractivity contribution in [2.45, 2.75) is 38.6 Å². The maximum Gasteiger partial charge on any atom is 0.0323 e. The first-order valence-electron chi connectivity index (χ1n) is 5.70. The van der Waals surface area contributed by atoms with Crippen molar-refractivity contribution in [3.8, 4) is 0 Å².